The fraction of sp³-hybridized carbons (Fsp3) is 0. The molecule has 0 bridgehead atoms. The molecule has 0 aromatic heterocycles. The fourth-order valence-corrected chi connectivity index (χ4v) is 0.208. The molecule has 0 aromatic rings. The predicted octanol–water partition coefficient (Wildman–Crippen LogP) is 1.69. The van der Waals surface area contributed by atoms with Gasteiger partial charge in [0.2, 0.25) is 0 Å². The number of hydrogen-bond donors (Lipinski definition) is 2. The molecule has 44 valence electrons. The van der Waals surface area contributed by atoms with E-state index in [1.807, 2.05) is 0 Å². The summed E-state index contributed by atoms with van der Waals surface area (Å²) < 4.78 is 0. The van der Waals surface area contributed by atoms with Crippen LogP contribution in [0.1, 0.15) is 0 Å². The van der Waals surface area contributed by atoms with Gasteiger partial charge in [0.05, 0.1) is 0 Å². The van der Waals surface area contributed by atoms with E-state index in [1.165, 1.54) is 12.2 Å². The van der Waals surface area contributed by atoms with Crippen LogP contribution in [0.15, 0.2) is 36.8 Å². The molecular weight excluding hydrogens is 104 g/mol. The van der Waals surface area contributed by atoms with Gasteiger partial charge in [0, 0.05) is 0 Å². The highest BCUT2D eigenvalue weighted by Crippen LogP contribution is 1.96. The van der Waals surface area contributed by atoms with Gasteiger partial charge in [-0.15, -0.1) is 0 Å². The summed E-state index contributed by atoms with van der Waals surface area (Å²) in [5.41, 5.74) is 0. The Kier molecular flexibility index (Phi) is 2.48. The van der Waals surface area contributed by atoms with E-state index in [0.717, 1.165) is 0 Å². The Labute approximate surface area is 48.1 Å². The number of aliphatic hydroxyl groups is 2. The van der Waals surface area contributed by atoms with Crippen molar-refractivity contribution in [3.63, 3.8) is 0 Å². The Morgan fingerprint density at radius 1 is 1.38 bits per heavy atom. The second kappa shape index (κ2) is 2.91. The molecule has 0 fully saturated rings. The molecule has 0 spiro atoms. The molecule has 2 heteroatoms. The first kappa shape index (κ1) is 6.82. The van der Waals surface area contributed by atoms with Crippen LogP contribution in [0.2, 0.25) is 0 Å². The quantitative estimate of drug-likeness (QED) is 0.421. The van der Waals surface area contributed by atoms with Gasteiger partial charge in [0.1, 0.15) is 5.76 Å². The highest BCUT2D eigenvalue weighted by Gasteiger charge is 1.89. The van der Waals surface area contributed by atoms with E-state index >= 15 is 0 Å². The minimum atomic E-state index is -0.343. The van der Waals surface area contributed by atoms with Crippen molar-refractivity contribution >= 4 is 0 Å². The highest BCUT2D eigenvalue weighted by atomic mass is 16.3. The van der Waals surface area contributed by atoms with Gasteiger partial charge in [-0.3, -0.25) is 0 Å². The molecule has 8 heavy (non-hydrogen) atoms. The van der Waals surface area contributed by atoms with Crippen LogP contribution < -0.4 is 0 Å². The van der Waals surface area contributed by atoms with Gasteiger partial charge < -0.3 is 10.2 Å². The summed E-state index contributed by atoms with van der Waals surface area (Å²) in [5, 5.41) is 17.0. The van der Waals surface area contributed by atoms with E-state index in [2.05, 4.69) is 13.2 Å². The van der Waals surface area contributed by atoms with E-state index in [4.69, 9.17) is 10.2 Å². The first-order chi connectivity index (χ1) is 3.68. The molecule has 2 nitrogen and oxygen atoms in total. The molecule has 0 aliphatic rings. The van der Waals surface area contributed by atoms with E-state index in [-0.39, 0.29) is 11.5 Å². The van der Waals surface area contributed by atoms with Gasteiger partial charge in [-0.2, -0.15) is 0 Å². The molecule has 0 aliphatic carbocycles. The van der Waals surface area contributed by atoms with Crippen LogP contribution in [0.3, 0.4) is 0 Å². The Morgan fingerprint density at radius 2 is 1.88 bits per heavy atom. The summed E-state index contributed by atoms with van der Waals surface area (Å²) in [5.74, 6) is -0.593. The van der Waals surface area contributed by atoms with Crippen molar-refractivity contribution in [2.75, 3.05) is 0 Å². The van der Waals surface area contributed by atoms with Crippen LogP contribution in [0.5, 0.6) is 0 Å². The third kappa shape index (κ3) is 2.08. The Bertz CT molecular complexity index is 133. The minimum Gasteiger partial charge on any atom is -0.505 e. The van der Waals surface area contributed by atoms with Crippen LogP contribution in [0.25, 0.3) is 0 Å². The van der Waals surface area contributed by atoms with Gasteiger partial charge >= 0.3 is 0 Å². The molecule has 0 aromatic carbocycles. The number of hydrogen-bond acceptors (Lipinski definition) is 2. The summed E-state index contributed by atoms with van der Waals surface area (Å²) in [6.07, 6.45) is 2.61. The van der Waals surface area contributed by atoms with Crippen LogP contribution in [-0.2, 0) is 0 Å². The molecule has 0 heterocycles. The van der Waals surface area contributed by atoms with Crippen molar-refractivity contribution in [1.82, 2.24) is 0 Å². The molecule has 0 rings (SSSR count). The van der Waals surface area contributed by atoms with Crippen LogP contribution >= 0.6 is 0 Å². The molecule has 0 saturated heterocycles. The molecule has 0 atom stereocenters. The maximum atomic E-state index is 8.57. The monoisotopic (exact) mass is 112 g/mol. The standard InChI is InChI=1S/C6H8O2/c1-3-4-6(8)5(2)7/h3-4,7-8H,1-2H2/b6-4+. The molecule has 0 aliphatic heterocycles. The van der Waals surface area contributed by atoms with Crippen LogP contribution in [0, 0.1) is 0 Å². The molecular formula is C6H8O2. The number of aliphatic hydroxyl groups excluding tert-OH is 2. The van der Waals surface area contributed by atoms with Crippen LogP contribution in [-0.4, -0.2) is 10.2 Å². The number of rotatable bonds is 2. The van der Waals surface area contributed by atoms with Crippen molar-refractivity contribution in [1.29, 1.82) is 0 Å². The summed E-state index contributed by atoms with van der Waals surface area (Å²) in [7, 11) is 0. The third-order valence-electron chi connectivity index (χ3n) is 0.571. The van der Waals surface area contributed by atoms with Crippen molar-refractivity contribution in [2.24, 2.45) is 0 Å². The minimum absolute atomic E-state index is 0.250. The molecule has 0 unspecified atom stereocenters. The van der Waals surface area contributed by atoms with E-state index in [1.54, 1.807) is 0 Å². The zero-order valence-electron chi connectivity index (χ0n) is 4.46. The lowest BCUT2D eigenvalue weighted by atomic mass is 10.4. The van der Waals surface area contributed by atoms with Crippen molar-refractivity contribution < 1.29 is 10.2 Å². The van der Waals surface area contributed by atoms with Gasteiger partial charge in [0.15, 0.2) is 5.76 Å². The highest BCUT2D eigenvalue weighted by molar-refractivity contribution is 5.18. The Hall–Kier alpha value is -1.18. The first-order valence-corrected chi connectivity index (χ1v) is 2.08. The average molecular weight is 112 g/mol. The van der Waals surface area contributed by atoms with Gasteiger partial charge in [0.25, 0.3) is 0 Å². The van der Waals surface area contributed by atoms with Gasteiger partial charge in [-0.1, -0.05) is 19.2 Å². The smallest absolute Gasteiger partial charge is 0.156 e. The molecule has 0 saturated carbocycles. The fourth-order valence-electron chi connectivity index (χ4n) is 0.208. The molecule has 2 N–H and O–H groups in total. The summed E-state index contributed by atoms with van der Waals surface area (Å²) in [4.78, 5) is 0. The molecule has 0 amide bonds. The van der Waals surface area contributed by atoms with Crippen molar-refractivity contribution in [3.8, 4) is 0 Å². The SMILES string of the molecule is C=C/C=C(/O)C(=C)O. The normalized spacial score (nSPS) is 10.8. The largest absolute Gasteiger partial charge is 0.505 e. The maximum absolute atomic E-state index is 8.57. The molecule has 0 radical (unpaired) electrons. The second-order valence-electron chi connectivity index (χ2n) is 1.23. The lowest BCUT2D eigenvalue weighted by Gasteiger charge is -1.90. The first-order valence-electron chi connectivity index (χ1n) is 2.08. The van der Waals surface area contributed by atoms with Crippen LogP contribution in [0.4, 0.5) is 0 Å². The maximum Gasteiger partial charge on any atom is 0.156 e. The van der Waals surface area contributed by atoms with E-state index in [0.29, 0.717) is 0 Å². The van der Waals surface area contributed by atoms with E-state index in [9.17, 15) is 0 Å². The average Bonchev–Trinajstić information content (AvgIpc) is 1.67. The van der Waals surface area contributed by atoms with Crippen molar-refractivity contribution in [2.45, 2.75) is 0 Å². The Morgan fingerprint density at radius 3 is 2.00 bits per heavy atom. The predicted molar refractivity (Wildman–Crippen MR) is 32.7 cm³/mol. The van der Waals surface area contributed by atoms with E-state index < -0.39 is 0 Å². The zero-order valence-corrected chi connectivity index (χ0v) is 4.46. The van der Waals surface area contributed by atoms with Crippen molar-refractivity contribution in [3.05, 3.63) is 36.8 Å². The second-order valence-corrected chi connectivity index (χ2v) is 1.23. The summed E-state index contributed by atoms with van der Waals surface area (Å²) in [6.45, 7) is 6.36. The summed E-state index contributed by atoms with van der Waals surface area (Å²) in [6, 6.07) is 0. The Balaban J connectivity index is 3.99. The third-order valence-corrected chi connectivity index (χ3v) is 0.571. The lowest BCUT2D eigenvalue weighted by Crippen LogP contribution is -1.81. The van der Waals surface area contributed by atoms with Gasteiger partial charge in [-0.05, 0) is 6.08 Å². The van der Waals surface area contributed by atoms with Gasteiger partial charge in [-0.25, -0.2) is 0 Å². The summed E-state index contributed by atoms with van der Waals surface area (Å²) >= 11 is 0. The zero-order chi connectivity index (χ0) is 6.57. The lowest BCUT2D eigenvalue weighted by molar-refractivity contribution is 0.328. The number of allylic oxidation sites excluding steroid dienone is 2. The topological polar surface area (TPSA) is 40.5 Å².